The minimum atomic E-state index is -0.131. The van der Waals surface area contributed by atoms with Crippen molar-refractivity contribution in [3.63, 3.8) is 0 Å². The lowest BCUT2D eigenvalue weighted by atomic mass is 10.1. The Kier molecular flexibility index (Phi) is 6.16. The van der Waals surface area contributed by atoms with E-state index < -0.39 is 0 Å². The Hall–Kier alpha value is -2.64. The lowest BCUT2D eigenvalue weighted by molar-refractivity contribution is 0.313. The lowest BCUT2D eigenvalue weighted by Gasteiger charge is -2.34. The first-order chi connectivity index (χ1) is 14.9. The number of nitrogens with zero attached hydrogens (tertiary/aromatic N) is 4. The van der Waals surface area contributed by atoms with Crippen molar-refractivity contribution in [1.29, 1.82) is 0 Å². The molecule has 0 aliphatic carbocycles. The van der Waals surface area contributed by atoms with Crippen LogP contribution in [0, 0.1) is 26.6 Å². The number of nitrogens with two attached hydrogens (primary N) is 1. The molecule has 1 aromatic heterocycles. The van der Waals surface area contributed by atoms with Crippen molar-refractivity contribution >= 4 is 22.7 Å². The number of fused-ring (bicyclic) bond motifs is 1. The molecule has 1 aliphatic heterocycles. The van der Waals surface area contributed by atoms with Gasteiger partial charge in [-0.15, -0.1) is 0 Å². The Morgan fingerprint density at radius 3 is 2.35 bits per heavy atom. The highest BCUT2D eigenvalue weighted by Gasteiger charge is 2.21. The Balaban J connectivity index is 1.81. The van der Waals surface area contributed by atoms with Crippen molar-refractivity contribution in [3.05, 3.63) is 52.3 Å². The number of likely N-dealkylation sites (N-methyl/N-ethyl adjacent to an activating group) is 1. The maximum absolute atomic E-state index is 14.2. The molecule has 3 aromatic rings. The third kappa shape index (κ3) is 4.38. The molecule has 2 heterocycles. The largest absolute Gasteiger partial charge is 0.367 e. The van der Waals surface area contributed by atoms with E-state index >= 15 is 0 Å². The third-order valence-corrected chi connectivity index (χ3v) is 6.09. The number of hydrogen-bond donors (Lipinski definition) is 2. The smallest absolute Gasteiger partial charge is 0.204 e. The van der Waals surface area contributed by atoms with E-state index in [0.29, 0.717) is 30.8 Å². The summed E-state index contributed by atoms with van der Waals surface area (Å²) in [5.41, 5.74) is 12.7. The summed E-state index contributed by atoms with van der Waals surface area (Å²) in [5, 5.41) is 3.40. The van der Waals surface area contributed by atoms with Crippen LogP contribution in [0.5, 0.6) is 0 Å². The van der Waals surface area contributed by atoms with E-state index in [1.54, 1.807) is 0 Å². The summed E-state index contributed by atoms with van der Waals surface area (Å²) >= 11 is 0. The SMILES string of the molecule is Cc1cc(N2CCN(C)CC2)c2nc(NCCN)n(Cc3cc(C)c(F)c(C)c3)c2c1. The average molecular weight is 425 g/mol. The van der Waals surface area contributed by atoms with Crippen LogP contribution in [-0.4, -0.2) is 60.8 Å². The van der Waals surface area contributed by atoms with Gasteiger partial charge in [-0.2, -0.15) is 0 Å². The predicted octanol–water partition coefficient (Wildman–Crippen LogP) is 3.27. The summed E-state index contributed by atoms with van der Waals surface area (Å²) in [6, 6.07) is 8.29. The quantitative estimate of drug-likeness (QED) is 0.636. The Morgan fingerprint density at radius 2 is 1.71 bits per heavy atom. The van der Waals surface area contributed by atoms with Gasteiger partial charge in [0.05, 0.1) is 17.7 Å². The zero-order valence-corrected chi connectivity index (χ0v) is 19.0. The molecule has 0 bridgehead atoms. The zero-order chi connectivity index (χ0) is 22.1. The molecule has 31 heavy (non-hydrogen) atoms. The van der Waals surface area contributed by atoms with Crippen LogP contribution in [0.3, 0.4) is 0 Å². The minimum Gasteiger partial charge on any atom is -0.367 e. The summed E-state index contributed by atoms with van der Waals surface area (Å²) in [6.45, 7) is 11.6. The molecule has 0 saturated carbocycles. The fraction of sp³-hybridized carbons (Fsp3) is 0.458. The average Bonchev–Trinajstić information content (AvgIpc) is 3.07. The van der Waals surface area contributed by atoms with Crippen molar-refractivity contribution in [2.75, 3.05) is 56.5 Å². The Bertz CT molecular complexity index is 1060. The van der Waals surface area contributed by atoms with Gasteiger partial charge in [-0.1, -0.05) is 12.1 Å². The van der Waals surface area contributed by atoms with Gasteiger partial charge in [0, 0.05) is 39.3 Å². The van der Waals surface area contributed by atoms with E-state index in [0.717, 1.165) is 48.7 Å². The second-order valence-electron chi connectivity index (χ2n) is 8.72. The molecule has 7 heteroatoms. The van der Waals surface area contributed by atoms with E-state index in [-0.39, 0.29) is 5.82 Å². The van der Waals surface area contributed by atoms with Crippen molar-refractivity contribution in [2.24, 2.45) is 5.73 Å². The molecule has 0 radical (unpaired) electrons. The molecule has 0 spiro atoms. The van der Waals surface area contributed by atoms with Gasteiger partial charge in [0.15, 0.2) is 0 Å². The third-order valence-electron chi connectivity index (χ3n) is 6.09. The summed E-state index contributed by atoms with van der Waals surface area (Å²) in [5.74, 6) is 0.676. The lowest BCUT2D eigenvalue weighted by Crippen LogP contribution is -2.44. The number of anilines is 2. The molecular formula is C24H33FN6. The Morgan fingerprint density at radius 1 is 1.03 bits per heavy atom. The fourth-order valence-corrected chi connectivity index (χ4v) is 4.42. The van der Waals surface area contributed by atoms with Crippen LogP contribution in [0.4, 0.5) is 16.0 Å². The molecule has 6 nitrogen and oxygen atoms in total. The number of imidazole rings is 1. The summed E-state index contributed by atoms with van der Waals surface area (Å²) < 4.78 is 16.4. The van der Waals surface area contributed by atoms with E-state index in [2.05, 4.69) is 45.8 Å². The van der Waals surface area contributed by atoms with Gasteiger partial charge in [-0.05, 0) is 62.2 Å². The molecule has 0 amide bonds. The van der Waals surface area contributed by atoms with Crippen LogP contribution in [-0.2, 0) is 6.54 Å². The number of rotatable bonds is 6. The predicted molar refractivity (Wildman–Crippen MR) is 127 cm³/mol. The van der Waals surface area contributed by atoms with Crippen molar-refractivity contribution in [2.45, 2.75) is 27.3 Å². The number of piperazine rings is 1. The first-order valence-corrected chi connectivity index (χ1v) is 11.0. The minimum absolute atomic E-state index is 0.131. The maximum atomic E-state index is 14.2. The molecule has 0 unspecified atom stereocenters. The monoisotopic (exact) mass is 424 g/mol. The zero-order valence-electron chi connectivity index (χ0n) is 19.0. The van der Waals surface area contributed by atoms with Gasteiger partial charge in [0.2, 0.25) is 5.95 Å². The molecule has 2 aromatic carbocycles. The molecule has 0 atom stereocenters. The molecule has 166 valence electrons. The first kappa shape index (κ1) is 21.6. The van der Waals surface area contributed by atoms with Crippen LogP contribution < -0.4 is 16.0 Å². The van der Waals surface area contributed by atoms with Gasteiger partial charge in [-0.25, -0.2) is 9.37 Å². The topological polar surface area (TPSA) is 62.4 Å². The van der Waals surface area contributed by atoms with Crippen molar-refractivity contribution < 1.29 is 4.39 Å². The molecule has 4 rings (SSSR count). The van der Waals surface area contributed by atoms with Crippen molar-refractivity contribution in [3.8, 4) is 0 Å². The maximum Gasteiger partial charge on any atom is 0.204 e. The van der Waals surface area contributed by atoms with E-state index in [1.165, 1.54) is 11.3 Å². The molecular weight excluding hydrogens is 391 g/mol. The fourth-order valence-electron chi connectivity index (χ4n) is 4.42. The highest BCUT2D eigenvalue weighted by molar-refractivity contribution is 5.92. The molecule has 3 N–H and O–H groups in total. The normalized spacial score (nSPS) is 15.1. The molecule has 1 aliphatic rings. The summed E-state index contributed by atoms with van der Waals surface area (Å²) in [7, 11) is 2.17. The van der Waals surface area contributed by atoms with Gasteiger partial charge < -0.3 is 25.4 Å². The number of halogens is 1. The number of benzene rings is 2. The second kappa shape index (κ2) is 8.85. The second-order valence-corrected chi connectivity index (χ2v) is 8.72. The van der Waals surface area contributed by atoms with E-state index in [9.17, 15) is 4.39 Å². The summed E-state index contributed by atoms with van der Waals surface area (Å²) in [6.07, 6.45) is 0. The number of hydrogen-bond acceptors (Lipinski definition) is 5. The molecule has 1 fully saturated rings. The van der Waals surface area contributed by atoms with Crippen LogP contribution in [0.2, 0.25) is 0 Å². The molecule has 1 saturated heterocycles. The first-order valence-electron chi connectivity index (χ1n) is 11.0. The van der Waals surface area contributed by atoms with Gasteiger partial charge in [0.25, 0.3) is 0 Å². The number of nitrogens with one attached hydrogen (secondary N) is 1. The Labute approximate surface area is 183 Å². The van der Waals surface area contributed by atoms with Crippen LogP contribution >= 0.6 is 0 Å². The van der Waals surface area contributed by atoms with E-state index in [1.807, 2.05) is 26.0 Å². The van der Waals surface area contributed by atoms with Gasteiger partial charge in [0.1, 0.15) is 11.3 Å². The number of aryl methyl sites for hydroxylation is 3. The van der Waals surface area contributed by atoms with Gasteiger partial charge >= 0.3 is 0 Å². The highest BCUT2D eigenvalue weighted by Crippen LogP contribution is 2.32. The van der Waals surface area contributed by atoms with Crippen LogP contribution in [0.25, 0.3) is 11.0 Å². The highest BCUT2D eigenvalue weighted by atomic mass is 19.1. The summed E-state index contributed by atoms with van der Waals surface area (Å²) in [4.78, 5) is 9.80. The van der Waals surface area contributed by atoms with Crippen LogP contribution in [0.15, 0.2) is 24.3 Å². The standard InChI is InChI=1S/C24H33FN6/c1-16-11-20(30-9-7-29(4)8-10-30)23-21(12-16)31(24(28-23)27-6-5-26)15-19-13-17(2)22(25)18(3)14-19/h11-14H,5-10,15,26H2,1-4H3,(H,27,28). The van der Waals surface area contributed by atoms with Crippen LogP contribution in [0.1, 0.15) is 22.3 Å². The van der Waals surface area contributed by atoms with Crippen molar-refractivity contribution in [1.82, 2.24) is 14.5 Å². The van der Waals surface area contributed by atoms with Gasteiger partial charge in [-0.3, -0.25) is 0 Å². The van der Waals surface area contributed by atoms with E-state index in [4.69, 9.17) is 10.7 Å². The number of aromatic nitrogens is 2.